The van der Waals surface area contributed by atoms with Crippen LogP contribution in [-0.2, 0) is 0 Å². The van der Waals surface area contributed by atoms with Gasteiger partial charge in [0.1, 0.15) is 12.1 Å². The zero-order valence-electron chi connectivity index (χ0n) is 11.7. The number of nitrogen functional groups attached to an aromatic ring is 1. The van der Waals surface area contributed by atoms with Crippen molar-refractivity contribution in [3.8, 4) is 23.2 Å². The highest BCUT2D eigenvalue weighted by molar-refractivity contribution is 14.1. The van der Waals surface area contributed by atoms with Crippen LogP contribution in [0.15, 0.2) is 53.2 Å². The molecule has 4 aromatic rings. The summed E-state index contributed by atoms with van der Waals surface area (Å²) in [6.45, 7) is 0. The number of ether oxygens (including phenoxy) is 1. The number of halogens is 1. The van der Waals surface area contributed by atoms with E-state index in [0.717, 1.165) is 3.57 Å². The van der Waals surface area contributed by atoms with Crippen LogP contribution in [0.2, 0.25) is 0 Å². The number of fused-ring (bicyclic) bond motifs is 1. The van der Waals surface area contributed by atoms with Gasteiger partial charge in [0.05, 0.1) is 0 Å². The van der Waals surface area contributed by atoms with Crippen LogP contribution in [0.25, 0.3) is 17.2 Å². The number of anilines is 1. The minimum atomic E-state index is 0.305. The second kappa shape index (κ2) is 5.54. The maximum atomic E-state index is 5.81. The summed E-state index contributed by atoms with van der Waals surface area (Å²) in [5, 5.41) is 4.15. The van der Waals surface area contributed by atoms with Crippen molar-refractivity contribution in [3.05, 3.63) is 52.4 Å². The first-order valence-corrected chi connectivity index (χ1v) is 7.77. The van der Waals surface area contributed by atoms with Crippen LogP contribution in [0.1, 0.15) is 0 Å². The largest absolute Gasteiger partial charge is 0.439 e. The third-order valence-electron chi connectivity index (χ3n) is 3.13. The molecule has 2 N–H and O–H groups in total. The highest BCUT2D eigenvalue weighted by Crippen LogP contribution is 2.27. The Kier molecular flexibility index (Phi) is 3.37. The molecule has 3 aromatic heterocycles. The summed E-state index contributed by atoms with van der Waals surface area (Å²) in [6, 6.07) is 12.8. The van der Waals surface area contributed by atoms with E-state index in [9.17, 15) is 0 Å². The Hall–Kier alpha value is -2.62. The topological polar surface area (TPSA) is 91.5 Å². The van der Waals surface area contributed by atoms with Crippen LogP contribution in [0.3, 0.4) is 0 Å². The summed E-state index contributed by atoms with van der Waals surface area (Å²) >= 11 is 2.24. The summed E-state index contributed by atoms with van der Waals surface area (Å²) in [6.07, 6.45) is 1.45. The third kappa shape index (κ3) is 2.72. The van der Waals surface area contributed by atoms with Gasteiger partial charge in [-0.05, 0) is 52.9 Å². The lowest BCUT2D eigenvalue weighted by Crippen LogP contribution is -1.99. The lowest BCUT2D eigenvalue weighted by Gasteiger charge is -2.07. The lowest BCUT2D eigenvalue weighted by atomic mass is 10.3. The minimum absolute atomic E-state index is 0.305. The Labute approximate surface area is 144 Å². The molecule has 0 atom stereocenters. The Bertz CT molecular complexity index is 977. The third-order valence-corrected chi connectivity index (χ3v) is 3.85. The number of rotatable bonds is 3. The number of hydrogen-bond acceptors (Lipinski definition) is 6. The van der Waals surface area contributed by atoms with Gasteiger partial charge < -0.3 is 14.9 Å². The molecular formula is C15H10IN5O2. The standard InChI is InChI=1S/C15H10IN5O2/c16-9-1-3-10(4-2-9)22-14-7-13-18-8-19-21(13)15(20-14)11-5-6-12(17)23-11/h1-8H,17H2. The van der Waals surface area contributed by atoms with Crippen molar-refractivity contribution in [2.45, 2.75) is 0 Å². The Morgan fingerprint density at radius 2 is 1.96 bits per heavy atom. The van der Waals surface area contributed by atoms with Gasteiger partial charge in [0.2, 0.25) is 11.7 Å². The van der Waals surface area contributed by atoms with Crippen LogP contribution < -0.4 is 10.5 Å². The van der Waals surface area contributed by atoms with E-state index < -0.39 is 0 Å². The highest BCUT2D eigenvalue weighted by atomic mass is 127. The molecule has 0 spiro atoms. The predicted octanol–water partition coefficient (Wildman–Crippen LogP) is 3.36. The van der Waals surface area contributed by atoms with Crippen LogP contribution in [0, 0.1) is 3.57 Å². The van der Waals surface area contributed by atoms with Crippen molar-refractivity contribution in [1.82, 2.24) is 19.6 Å². The molecule has 114 valence electrons. The normalized spacial score (nSPS) is 11.0. The monoisotopic (exact) mass is 419 g/mol. The quantitative estimate of drug-likeness (QED) is 0.512. The van der Waals surface area contributed by atoms with E-state index in [0.29, 0.717) is 34.7 Å². The predicted molar refractivity (Wildman–Crippen MR) is 92.1 cm³/mol. The van der Waals surface area contributed by atoms with E-state index in [2.05, 4.69) is 37.7 Å². The van der Waals surface area contributed by atoms with E-state index >= 15 is 0 Å². The fourth-order valence-electron chi connectivity index (χ4n) is 2.11. The average Bonchev–Trinajstić information content (AvgIpc) is 3.17. The van der Waals surface area contributed by atoms with E-state index in [-0.39, 0.29) is 0 Å². The van der Waals surface area contributed by atoms with Crippen molar-refractivity contribution in [2.75, 3.05) is 5.73 Å². The zero-order valence-corrected chi connectivity index (χ0v) is 13.8. The van der Waals surface area contributed by atoms with Crippen molar-refractivity contribution < 1.29 is 9.15 Å². The molecule has 0 radical (unpaired) electrons. The van der Waals surface area contributed by atoms with Gasteiger partial charge in [0.25, 0.3) is 0 Å². The second-order valence-corrected chi connectivity index (χ2v) is 5.95. The minimum Gasteiger partial charge on any atom is -0.439 e. The smallest absolute Gasteiger partial charge is 0.225 e. The van der Waals surface area contributed by atoms with E-state index in [4.69, 9.17) is 14.9 Å². The summed E-state index contributed by atoms with van der Waals surface area (Å²) in [5.41, 5.74) is 6.24. The number of furan rings is 1. The molecule has 3 heterocycles. The van der Waals surface area contributed by atoms with Crippen LogP contribution in [-0.4, -0.2) is 19.6 Å². The van der Waals surface area contributed by atoms with Gasteiger partial charge in [-0.2, -0.15) is 14.6 Å². The fraction of sp³-hybridized carbons (Fsp3) is 0. The highest BCUT2D eigenvalue weighted by Gasteiger charge is 2.14. The van der Waals surface area contributed by atoms with E-state index in [1.165, 1.54) is 6.33 Å². The Morgan fingerprint density at radius 1 is 1.13 bits per heavy atom. The maximum Gasteiger partial charge on any atom is 0.225 e. The number of benzene rings is 1. The van der Waals surface area contributed by atoms with E-state index in [1.807, 2.05) is 24.3 Å². The number of nitrogens with zero attached hydrogens (tertiary/aromatic N) is 4. The van der Waals surface area contributed by atoms with Crippen LogP contribution >= 0.6 is 22.6 Å². The number of hydrogen-bond donors (Lipinski definition) is 1. The van der Waals surface area contributed by atoms with Crippen molar-refractivity contribution >= 4 is 34.1 Å². The molecule has 23 heavy (non-hydrogen) atoms. The Morgan fingerprint density at radius 3 is 2.70 bits per heavy atom. The molecule has 0 amide bonds. The molecule has 0 saturated heterocycles. The maximum absolute atomic E-state index is 5.81. The molecule has 8 heteroatoms. The van der Waals surface area contributed by atoms with Gasteiger partial charge in [-0.3, -0.25) is 0 Å². The molecule has 0 aliphatic carbocycles. The van der Waals surface area contributed by atoms with Gasteiger partial charge in [0, 0.05) is 15.7 Å². The first-order valence-electron chi connectivity index (χ1n) is 6.69. The molecule has 0 saturated carbocycles. The lowest BCUT2D eigenvalue weighted by molar-refractivity contribution is 0.460. The first-order chi connectivity index (χ1) is 11.2. The molecule has 1 aromatic carbocycles. The summed E-state index contributed by atoms with van der Waals surface area (Å²) < 4.78 is 13.9. The summed E-state index contributed by atoms with van der Waals surface area (Å²) in [4.78, 5) is 8.65. The van der Waals surface area contributed by atoms with Gasteiger partial charge in [-0.1, -0.05) is 0 Å². The Balaban J connectivity index is 1.80. The molecule has 0 unspecified atom stereocenters. The van der Waals surface area contributed by atoms with E-state index in [1.54, 1.807) is 22.7 Å². The van der Waals surface area contributed by atoms with Gasteiger partial charge in [-0.25, -0.2) is 4.98 Å². The molecule has 0 bridgehead atoms. The molecule has 0 aliphatic rings. The van der Waals surface area contributed by atoms with Crippen molar-refractivity contribution in [1.29, 1.82) is 0 Å². The summed E-state index contributed by atoms with van der Waals surface area (Å²) in [5.74, 6) is 2.35. The number of aromatic nitrogens is 4. The van der Waals surface area contributed by atoms with Crippen molar-refractivity contribution in [2.24, 2.45) is 0 Å². The molecular weight excluding hydrogens is 409 g/mol. The SMILES string of the molecule is Nc1ccc(-c2nc(Oc3ccc(I)cc3)cc3ncnn23)o1. The second-order valence-electron chi connectivity index (χ2n) is 4.71. The zero-order chi connectivity index (χ0) is 15.8. The van der Waals surface area contributed by atoms with Crippen LogP contribution in [0.5, 0.6) is 11.6 Å². The number of nitrogens with two attached hydrogens (primary N) is 1. The average molecular weight is 419 g/mol. The van der Waals surface area contributed by atoms with Crippen LogP contribution in [0.4, 0.5) is 5.88 Å². The van der Waals surface area contributed by atoms with Gasteiger partial charge in [0.15, 0.2) is 17.3 Å². The molecule has 7 nitrogen and oxygen atoms in total. The molecule has 0 fully saturated rings. The van der Waals surface area contributed by atoms with Gasteiger partial charge in [-0.15, -0.1) is 0 Å². The fourth-order valence-corrected chi connectivity index (χ4v) is 2.47. The molecule has 0 aliphatic heterocycles. The first kappa shape index (κ1) is 14.0. The van der Waals surface area contributed by atoms with Crippen molar-refractivity contribution in [3.63, 3.8) is 0 Å². The summed E-state index contributed by atoms with van der Waals surface area (Å²) in [7, 11) is 0. The van der Waals surface area contributed by atoms with Gasteiger partial charge >= 0.3 is 0 Å². The molecule has 4 rings (SSSR count).